The van der Waals surface area contributed by atoms with Gasteiger partial charge in [0.15, 0.2) is 11.5 Å². The molecule has 1 aliphatic heterocycles. The molecule has 11 nitrogen and oxygen atoms in total. The first-order valence-corrected chi connectivity index (χ1v) is 13.2. The number of hydrogen-bond acceptors (Lipinski definition) is 9. The molecule has 1 aliphatic carbocycles. The van der Waals surface area contributed by atoms with Crippen LogP contribution in [0, 0.1) is 5.92 Å². The van der Waals surface area contributed by atoms with Crippen LogP contribution >= 0.6 is 0 Å². The highest BCUT2D eigenvalue weighted by Crippen LogP contribution is 2.33. The number of aromatic nitrogens is 5. The van der Waals surface area contributed by atoms with Gasteiger partial charge >= 0.3 is 0 Å². The number of nitrogens with zero attached hydrogens (tertiary/aromatic N) is 7. The Morgan fingerprint density at radius 2 is 2.00 bits per heavy atom. The summed E-state index contributed by atoms with van der Waals surface area (Å²) in [5.41, 5.74) is 2.61. The highest BCUT2D eigenvalue weighted by atomic mass is 16.5. The van der Waals surface area contributed by atoms with Gasteiger partial charge < -0.3 is 25.2 Å². The normalized spacial score (nSPS) is 18.6. The molecule has 4 aromatic heterocycles. The lowest BCUT2D eigenvalue weighted by Crippen LogP contribution is -2.34. The van der Waals surface area contributed by atoms with E-state index in [1.807, 2.05) is 29.8 Å². The lowest BCUT2D eigenvalue weighted by Gasteiger charge is -2.25. The van der Waals surface area contributed by atoms with Crippen LogP contribution in [0.3, 0.4) is 0 Å². The molecule has 1 amide bonds. The van der Waals surface area contributed by atoms with E-state index < -0.39 is 0 Å². The first-order chi connectivity index (χ1) is 18.5. The lowest BCUT2D eigenvalue weighted by molar-refractivity contribution is -0.117. The number of fused-ring (bicyclic) bond motifs is 2. The molecule has 5 heterocycles. The van der Waals surface area contributed by atoms with Crippen molar-refractivity contribution in [2.75, 3.05) is 62.4 Å². The monoisotopic (exact) mass is 515 g/mol. The average molecular weight is 516 g/mol. The van der Waals surface area contributed by atoms with Crippen LogP contribution in [0.4, 0.5) is 17.3 Å². The van der Waals surface area contributed by atoms with E-state index in [0.717, 1.165) is 79.1 Å². The number of rotatable bonds is 7. The minimum atomic E-state index is 0.0214. The molecule has 2 aliphatic rings. The maximum absolute atomic E-state index is 12.4. The molecule has 198 valence electrons. The second kappa shape index (κ2) is 10.1. The Balaban J connectivity index is 1.37. The van der Waals surface area contributed by atoms with E-state index in [2.05, 4.69) is 43.5 Å². The van der Waals surface area contributed by atoms with Crippen molar-refractivity contribution < 1.29 is 9.53 Å². The molecule has 2 fully saturated rings. The maximum Gasteiger partial charge on any atom is 0.228 e. The van der Waals surface area contributed by atoms with Gasteiger partial charge in [0.05, 0.1) is 18.0 Å². The summed E-state index contributed by atoms with van der Waals surface area (Å²) in [7, 11) is 3.90. The number of methoxy groups -OCH3 is 1. The highest BCUT2D eigenvalue weighted by molar-refractivity contribution is 6.03. The summed E-state index contributed by atoms with van der Waals surface area (Å²) in [6.45, 7) is 6.35. The van der Waals surface area contributed by atoms with E-state index in [9.17, 15) is 4.79 Å². The number of likely N-dealkylation sites (N-methyl/N-ethyl adjacent to an activating group) is 1. The Morgan fingerprint density at radius 3 is 2.79 bits per heavy atom. The van der Waals surface area contributed by atoms with Crippen molar-refractivity contribution in [2.24, 2.45) is 5.92 Å². The fourth-order valence-corrected chi connectivity index (χ4v) is 4.95. The quantitative estimate of drug-likeness (QED) is 0.384. The molecule has 4 aromatic rings. The summed E-state index contributed by atoms with van der Waals surface area (Å²) >= 11 is 0. The zero-order valence-electron chi connectivity index (χ0n) is 22.0. The minimum absolute atomic E-state index is 0.0214. The minimum Gasteiger partial charge on any atom is -0.378 e. The molecule has 11 heteroatoms. The predicted molar refractivity (Wildman–Crippen MR) is 148 cm³/mol. The van der Waals surface area contributed by atoms with Crippen molar-refractivity contribution in [3.05, 3.63) is 36.8 Å². The summed E-state index contributed by atoms with van der Waals surface area (Å²) < 4.78 is 7.52. The third-order valence-corrected chi connectivity index (χ3v) is 7.26. The first-order valence-electron chi connectivity index (χ1n) is 13.2. The fourth-order valence-electron chi connectivity index (χ4n) is 4.95. The van der Waals surface area contributed by atoms with Crippen molar-refractivity contribution >= 4 is 39.6 Å². The molecule has 6 rings (SSSR count). The molecule has 0 spiro atoms. The highest BCUT2D eigenvalue weighted by Gasteiger charge is 2.30. The molecule has 1 unspecified atom stereocenters. The number of carbonyl (C=O) groups is 1. The number of carbonyl (C=O) groups excluding carboxylic acids is 1. The van der Waals surface area contributed by atoms with Crippen molar-refractivity contribution in [2.45, 2.75) is 25.9 Å². The maximum atomic E-state index is 12.4. The van der Waals surface area contributed by atoms with Gasteiger partial charge in [0, 0.05) is 74.5 Å². The molecule has 1 saturated heterocycles. The largest absolute Gasteiger partial charge is 0.378 e. The number of anilines is 3. The summed E-state index contributed by atoms with van der Waals surface area (Å²) in [6.07, 6.45) is 7.58. The smallest absolute Gasteiger partial charge is 0.228 e. The summed E-state index contributed by atoms with van der Waals surface area (Å²) in [5, 5.41) is 12.8. The van der Waals surface area contributed by atoms with Crippen molar-refractivity contribution in [1.29, 1.82) is 0 Å². The average Bonchev–Trinajstić information content (AvgIpc) is 3.72. The van der Waals surface area contributed by atoms with Gasteiger partial charge in [-0.1, -0.05) is 0 Å². The molecule has 0 bridgehead atoms. The Labute approximate surface area is 221 Å². The lowest BCUT2D eigenvalue weighted by atomic mass is 10.1. The van der Waals surface area contributed by atoms with Crippen molar-refractivity contribution in [3.8, 4) is 11.4 Å². The predicted octanol–water partition coefficient (Wildman–Crippen LogP) is 2.89. The third kappa shape index (κ3) is 4.86. The molecule has 1 atom stereocenters. The van der Waals surface area contributed by atoms with Gasteiger partial charge in [0.1, 0.15) is 11.6 Å². The van der Waals surface area contributed by atoms with Crippen molar-refractivity contribution in [1.82, 2.24) is 29.5 Å². The fraction of sp³-hybridized carbons (Fsp3) is 0.444. The van der Waals surface area contributed by atoms with E-state index in [1.165, 1.54) is 0 Å². The topological polar surface area (TPSA) is 113 Å². The van der Waals surface area contributed by atoms with Crippen LogP contribution in [-0.2, 0) is 9.53 Å². The van der Waals surface area contributed by atoms with Crippen LogP contribution in [0.25, 0.3) is 27.8 Å². The Morgan fingerprint density at radius 1 is 1.13 bits per heavy atom. The van der Waals surface area contributed by atoms with Crippen LogP contribution in [0.5, 0.6) is 0 Å². The van der Waals surface area contributed by atoms with E-state index in [4.69, 9.17) is 14.8 Å². The SMILES string of the molecule is CCNc1ncc(-c2nc3ccc(N4CCN(C)CC(OC)C4)cn3n2)c2cc(NC(=O)C3CC3)ncc12. The number of nitrogens with one attached hydrogen (secondary N) is 2. The van der Waals surface area contributed by atoms with Gasteiger partial charge in [0.25, 0.3) is 0 Å². The zero-order chi connectivity index (χ0) is 26.2. The second-order valence-corrected chi connectivity index (χ2v) is 10.1. The summed E-state index contributed by atoms with van der Waals surface area (Å²) in [6, 6.07) is 5.98. The summed E-state index contributed by atoms with van der Waals surface area (Å²) in [4.78, 5) is 31.0. The number of ether oxygens (including phenoxy) is 1. The molecule has 2 N–H and O–H groups in total. The third-order valence-electron chi connectivity index (χ3n) is 7.26. The van der Waals surface area contributed by atoms with Gasteiger partial charge in [0.2, 0.25) is 5.91 Å². The molecule has 0 aromatic carbocycles. The van der Waals surface area contributed by atoms with Gasteiger partial charge in [-0.25, -0.2) is 19.5 Å². The van der Waals surface area contributed by atoms with E-state index in [1.54, 1.807) is 19.5 Å². The Bertz CT molecular complexity index is 1480. The number of pyridine rings is 3. The van der Waals surface area contributed by atoms with Gasteiger partial charge in [-0.05, 0) is 45.0 Å². The molecular weight excluding hydrogens is 482 g/mol. The van der Waals surface area contributed by atoms with E-state index in [-0.39, 0.29) is 17.9 Å². The van der Waals surface area contributed by atoms with E-state index in [0.29, 0.717) is 11.6 Å². The van der Waals surface area contributed by atoms with Crippen LogP contribution < -0.4 is 15.5 Å². The van der Waals surface area contributed by atoms with E-state index >= 15 is 0 Å². The molecule has 0 radical (unpaired) electrons. The second-order valence-electron chi connectivity index (χ2n) is 10.1. The molecular formula is C27H33N9O2. The van der Waals surface area contributed by atoms with Gasteiger partial charge in [-0.15, -0.1) is 5.10 Å². The molecule has 38 heavy (non-hydrogen) atoms. The Kier molecular flexibility index (Phi) is 6.54. The standard InChI is InChI=1S/C27H33N9O2/c1-4-28-25-21-12-29-23(31-27(37)17-5-6-17)11-20(21)22(13-30-25)26-32-24-8-7-18(14-36(24)33-26)35-10-9-34(2)15-19(16-35)38-3/h7-8,11-14,17,19H,4-6,9-10,15-16H2,1-3H3,(H,28,30)(H,29,31,37). The first kappa shape index (κ1) is 24.5. The number of hydrogen-bond donors (Lipinski definition) is 2. The van der Waals surface area contributed by atoms with Crippen LogP contribution in [0.1, 0.15) is 19.8 Å². The van der Waals surface area contributed by atoms with Crippen LogP contribution in [0.2, 0.25) is 0 Å². The summed E-state index contributed by atoms with van der Waals surface area (Å²) in [5.74, 6) is 1.95. The van der Waals surface area contributed by atoms with Gasteiger partial charge in [-0.3, -0.25) is 4.79 Å². The van der Waals surface area contributed by atoms with Crippen molar-refractivity contribution in [3.63, 3.8) is 0 Å². The van der Waals surface area contributed by atoms with Crippen LogP contribution in [-0.4, -0.2) is 88.4 Å². The zero-order valence-corrected chi connectivity index (χ0v) is 22.0. The number of amides is 1. The van der Waals surface area contributed by atoms with Crippen LogP contribution in [0.15, 0.2) is 36.8 Å². The Hall–Kier alpha value is -3.83. The van der Waals surface area contributed by atoms with Gasteiger partial charge in [-0.2, -0.15) is 0 Å². The molecule has 1 saturated carbocycles.